The van der Waals surface area contributed by atoms with Crippen molar-refractivity contribution in [3.63, 3.8) is 0 Å². The highest BCUT2D eigenvalue weighted by atomic mass is 79.9. The Morgan fingerprint density at radius 3 is 2.44 bits per heavy atom. The lowest BCUT2D eigenvalue weighted by atomic mass is 9.62. The molecule has 0 bridgehead atoms. The van der Waals surface area contributed by atoms with Crippen LogP contribution in [-0.2, 0) is 25.5 Å². The van der Waals surface area contributed by atoms with E-state index < -0.39 is 30.6 Å². The molecule has 5 nitrogen and oxygen atoms in total. The maximum absolute atomic E-state index is 12.2. The van der Waals surface area contributed by atoms with Gasteiger partial charge in [-0.05, 0) is 42.8 Å². The molecule has 1 N–H and O–H groups in total. The van der Waals surface area contributed by atoms with Gasteiger partial charge in [0.25, 0.3) is 12.7 Å². The standard InChI is InChI=1S/C17H21BBrClO5/c1-17(2)24-15(21)13(16(22)25-17)7-10(9-18(3)23)6-11-4-5-12(19)8-14(11)20/h4-5,8,10,13,23H,6-7,9H2,1-3H3/t10-/m1/s1. The number of carbonyl (C=O) groups excluding carboxylic acids is 2. The number of hydrogen-bond donors (Lipinski definition) is 1. The lowest BCUT2D eigenvalue weighted by Gasteiger charge is -2.34. The molecule has 8 heteroatoms. The van der Waals surface area contributed by atoms with Crippen LogP contribution in [0.4, 0.5) is 0 Å². The fourth-order valence-corrected chi connectivity index (χ4v) is 3.76. The van der Waals surface area contributed by atoms with Gasteiger partial charge in [-0.3, -0.25) is 9.59 Å². The van der Waals surface area contributed by atoms with E-state index in [-0.39, 0.29) is 12.3 Å². The second-order valence-corrected chi connectivity index (χ2v) is 8.24. The van der Waals surface area contributed by atoms with Crippen molar-refractivity contribution in [1.29, 1.82) is 0 Å². The van der Waals surface area contributed by atoms with Crippen LogP contribution in [0.1, 0.15) is 25.8 Å². The summed E-state index contributed by atoms with van der Waals surface area (Å²) in [5.74, 6) is -3.51. The largest absolute Gasteiger partial charge is 0.451 e. The summed E-state index contributed by atoms with van der Waals surface area (Å²) in [4.78, 5) is 24.4. The van der Waals surface area contributed by atoms with Crippen LogP contribution >= 0.6 is 27.5 Å². The van der Waals surface area contributed by atoms with Gasteiger partial charge in [0.05, 0.1) is 0 Å². The molecule has 136 valence electrons. The van der Waals surface area contributed by atoms with Crippen LogP contribution in [0.2, 0.25) is 18.2 Å². The van der Waals surface area contributed by atoms with E-state index in [1.54, 1.807) is 12.9 Å². The molecule has 2 rings (SSSR count). The van der Waals surface area contributed by atoms with Gasteiger partial charge in [-0.2, -0.15) is 0 Å². The quantitative estimate of drug-likeness (QED) is 0.422. The van der Waals surface area contributed by atoms with E-state index >= 15 is 0 Å². The first-order valence-electron chi connectivity index (χ1n) is 8.15. The highest BCUT2D eigenvalue weighted by molar-refractivity contribution is 9.10. The van der Waals surface area contributed by atoms with Gasteiger partial charge >= 0.3 is 11.9 Å². The van der Waals surface area contributed by atoms with Gasteiger partial charge < -0.3 is 14.5 Å². The number of benzene rings is 1. The first-order chi connectivity index (χ1) is 11.6. The fraction of sp³-hybridized carbons (Fsp3) is 0.529. The summed E-state index contributed by atoms with van der Waals surface area (Å²) in [5.41, 5.74) is 0.897. The van der Waals surface area contributed by atoms with Gasteiger partial charge in [0.15, 0.2) is 5.92 Å². The molecule has 0 radical (unpaired) electrons. The van der Waals surface area contributed by atoms with Crippen molar-refractivity contribution in [1.82, 2.24) is 0 Å². The molecule has 1 fully saturated rings. The SMILES string of the molecule is CB(O)C[C@H](Cc1ccc(Br)cc1Cl)CC1C(=O)OC(C)(C)OC1=O. The zero-order valence-corrected chi connectivity index (χ0v) is 16.8. The molecule has 0 spiro atoms. The Morgan fingerprint density at radius 2 is 1.92 bits per heavy atom. The number of cyclic esters (lactones) is 2. The van der Waals surface area contributed by atoms with Crippen molar-refractivity contribution in [2.24, 2.45) is 11.8 Å². The van der Waals surface area contributed by atoms with Gasteiger partial charge in [0.1, 0.15) is 0 Å². The molecule has 1 saturated heterocycles. The van der Waals surface area contributed by atoms with Crippen LogP contribution in [0.25, 0.3) is 0 Å². The third-order valence-corrected chi connectivity index (χ3v) is 4.87. The Labute approximate surface area is 161 Å². The van der Waals surface area contributed by atoms with Crippen LogP contribution in [-0.4, -0.2) is 29.7 Å². The molecule has 1 aromatic rings. The molecule has 1 aromatic carbocycles. The third-order valence-electron chi connectivity index (χ3n) is 4.03. The molecule has 0 aromatic heterocycles. The van der Waals surface area contributed by atoms with Crippen molar-refractivity contribution >= 4 is 46.4 Å². The Hall–Kier alpha value is -1.05. The Morgan fingerprint density at radius 1 is 1.32 bits per heavy atom. The van der Waals surface area contributed by atoms with Crippen LogP contribution in [0.15, 0.2) is 22.7 Å². The Balaban J connectivity index is 2.15. The lowest BCUT2D eigenvalue weighted by Crippen LogP contribution is -2.47. The average Bonchev–Trinajstić information content (AvgIpc) is 2.44. The smallest absolute Gasteiger partial charge is 0.323 e. The van der Waals surface area contributed by atoms with E-state index in [0.29, 0.717) is 17.8 Å². The number of esters is 2. The summed E-state index contributed by atoms with van der Waals surface area (Å²) in [6.45, 7) is 4.16. The Kier molecular flexibility index (Phi) is 6.57. The first-order valence-corrected chi connectivity index (χ1v) is 9.32. The average molecular weight is 432 g/mol. The number of hydrogen-bond acceptors (Lipinski definition) is 5. The molecule has 1 aliphatic heterocycles. The van der Waals surface area contributed by atoms with Crippen LogP contribution in [0.3, 0.4) is 0 Å². The van der Waals surface area contributed by atoms with Crippen LogP contribution < -0.4 is 0 Å². The molecule has 1 aliphatic rings. The van der Waals surface area contributed by atoms with E-state index in [4.69, 9.17) is 21.1 Å². The summed E-state index contributed by atoms with van der Waals surface area (Å²) >= 11 is 9.63. The predicted molar refractivity (Wildman–Crippen MR) is 99.4 cm³/mol. The van der Waals surface area contributed by atoms with E-state index in [9.17, 15) is 14.6 Å². The highest BCUT2D eigenvalue weighted by Crippen LogP contribution is 2.32. The zero-order valence-electron chi connectivity index (χ0n) is 14.4. The van der Waals surface area contributed by atoms with Crippen LogP contribution in [0.5, 0.6) is 0 Å². The van der Waals surface area contributed by atoms with E-state index in [2.05, 4.69) is 15.9 Å². The van der Waals surface area contributed by atoms with Crippen molar-refractivity contribution < 1.29 is 24.1 Å². The third kappa shape index (κ3) is 5.73. The zero-order chi connectivity index (χ0) is 18.8. The maximum atomic E-state index is 12.2. The summed E-state index contributed by atoms with van der Waals surface area (Å²) in [7, 11) is 0. The van der Waals surface area contributed by atoms with Crippen LogP contribution in [0, 0.1) is 11.8 Å². The number of carbonyl (C=O) groups is 2. The molecular formula is C17H21BBrClO5. The molecule has 0 unspecified atom stereocenters. The predicted octanol–water partition coefficient (Wildman–Crippen LogP) is 3.72. The van der Waals surface area contributed by atoms with Crippen molar-refractivity contribution in [3.8, 4) is 0 Å². The van der Waals surface area contributed by atoms with E-state index in [1.807, 2.05) is 12.1 Å². The summed E-state index contributed by atoms with van der Waals surface area (Å²) in [6.07, 6.45) is 1.22. The van der Waals surface area contributed by atoms with Crippen molar-refractivity contribution in [2.45, 2.75) is 45.6 Å². The number of halogens is 2. The van der Waals surface area contributed by atoms with Gasteiger partial charge in [0, 0.05) is 23.3 Å². The molecule has 0 saturated carbocycles. The molecular weight excluding hydrogens is 410 g/mol. The number of rotatable bonds is 6. The van der Waals surface area contributed by atoms with Crippen molar-refractivity contribution in [2.75, 3.05) is 0 Å². The van der Waals surface area contributed by atoms with Gasteiger partial charge in [-0.15, -0.1) is 0 Å². The second kappa shape index (κ2) is 8.10. The summed E-state index contributed by atoms with van der Waals surface area (Å²) < 4.78 is 11.2. The highest BCUT2D eigenvalue weighted by Gasteiger charge is 2.44. The first kappa shape index (κ1) is 20.3. The summed E-state index contributed by atoms with van der Waals surface area (Å²) in [5, 5.41) is 10.4. The fourth-order valence-electron chi connectivity index (χ4n) is 3.01. The van der Waals surface area contributed by atoms with E-state index in [1.165, 1.54) is 13.8 Å². The minimum absolute atomic E-state index is 0.120. The second-order valence-electron chi connectivity index (χ2n) is 6.92. The normalized spacial score (nSPS) is 18.5. The summed E-state index contributed by atoms with van der Waals surface area (Å²) in [6, 6.07) is 5.57. The monoisotopic (exact) mass is 430 g/mol. The molecule has 1 atom stereocenters. The molecule has 0 amide bonds. The van der Waals surface area contributed by atoms with E-state index in [0.717, 1.165) is 10.0 Å². The molecule has 1 heterocycles. The van der Waals surface area contributed by atoms with Gasteiger partial charge in [0.2, 0.25) is 0 Å². The maximum Gasteiger partial charge on any atom is 0.323 e. The lowest BCUT2D eigenvalue weighted by molar-refractivity contribution is -0.240. The Bertz CT molecular complexity index is 644. The minimum Gasteiger partial charge on any atom is -0.451 e. The van der Waals surface area contributed by atoms with Gasteiger partial charge in [-0.25, -0.2) is 0 Å². The van der Waals surface area contributed by atoms with Gasteiger partial charge in [-0.1, -0.05) is 40.4 Å². The molecule has 0 aliphatic carbocycles. The van der Waals surface area contributed by atoms with Crippen molar-refractivity contribution in [3.05, 3.63) is 33.3 Å². The number of ether oxygens (including phenoxy) is 2. The topological polar surface area (TPSA) is 72.8 Å². The molecule has 25 heavy (non-hydrogen) atoms. The minimum atomic E-state index is -1.24.